The summed E-state index contributed by atoms with van der Waals surface area (Å²) in [6, 6.07) is 12.1. The molecule has 0 saturated carbocycles. The molecule has 1 unspecified atom stereocenters. The molecule has 5 heteroatoms. The molecule has 0 aliphatic carbocycles. The minimum Gasteiger partial charge on any atom is -0.486 e. The monoisotopic (exact) mass is 366 g/mol. The van der Waals surface area contributed by atoms with E-state index in [1.54, 1.807) is 17.5 Å². The first-order chi connectivity index (χ1) is 12.7. The van der Waals surface area contributed by atoms with Crippen LogP contribution in [0, 0.1) is 6.92 Å². The van der Waals surface area contributed by atoms with E-state index < -0.39 is 0 Å². The number of carbonyl (C=O) groups excluding carboxylic acids is 1. The Kier molecular flexibility index (Phi) is 4.89. The molecule has 134 valence electrons. The van der Waals surface area contributed by atoms with Crippen molar-refractivity contribution in [2.45, 2.75) is 32.3 Å². The fourth-order valence-electron chi connectivity index (χ4n) is 3.44. The lowest BCUT2D eigenvalue weighted by molar-refractivity contribution is -0.130. The quantitative estimate of drug-likeness (QED) is 0.679. The molecule has 1 aromatic carbocycles. The smallest absolute Gasteiger partial charge is 0.223 e. The molecule has 1 saturated heterocycles. The summed E-state index contributed by atoms with van der Waals surface area (Å²) in [6.45, 7) is 3.53. The highest BCUT2D eigenvalue weighted by Crippen LogP contribution is 2.26. The molecule has 1 atom stereocenters. The van der Waals surface area contributed by atoms with Gasteiger partial charge in [0.1, 0.15) is 17.4 Å². The van der Waals surface area contributed by atoms with Gasteiger partial charge in [0.15, 0.2) is 0 Å². The van der Waals surface area contributed by atoms with E-state index in [1.165, 1.54) is 10.4 Å². The molecule has 0 bridgehead atoms. The van der Waals surface area contributed by atoms with Crippen molar-refractivity contribution >= 4 is 28.1 Å². The van der Waals surface area contributed by atoms with Crippen molar-refractivity contribution in [3.05, 3.63) is 58.4 Å². The number of aromatic nitrogens is 1. The standard InChI is InChI=1S/C21H22N2O2S/c1-15-10-13-26-19(15)7-8-20(24)23-12-9-17(14-23)25-18-6-2-4-16-5-3-11-22-21(16)18/h2-6,10-11,13,17H,7-9,12,14H2,1H3. The topological polar surface area (TPSA) is 42.4 Å². The average Bonchev–Trinajstić information content (AvgIpc) is 3.29. The van der Waals surface area contributed by atoms with Crippen molar-refractivity contribution in [1.82, 2.24) is 9.88 Å². The first-order valence-electron chi connectivity index (χ1n) is 9.02. The van der Waals surface area contributed by atoms with Crippen LogP contribution in [0.3, 0.4) is 0 Å². The Bertz CT molecular complexity index is 916. The van der Waals surface area contributed by atoms with Gasteiger partial charge in [0.05, 0.1) is 6.54 Å². The molecule has 4 nitrogen and oxygen atoms in total. The van der Waals surface area contributed by atoms with Crippen molar-refractivity contribution in [2.24, 2.45) is 0 Å². The van der Waals surface area contributed by atoms with Crippen LogP contribution in [0.15, 0.2) is 48.0 Å². The lowest BCUT2D eigenvalue weighted by atomic mass is 10.2. The van der Waals surface area contributed by atoms with Gasteiger partial charge in [-0.1, -0.05) is 18.2 Å². The molecule has 3 aromatic rings. The summed E-state index contributed by atoms with van der Waals surface area (Å²) in [4.78, 5) is 20.2. The van der Waals surface area contributed by atoms with Crippen LogP contribution in [0.4, 0.5) is 0 Å². The predicted octanol–water partition coefficient (Wildman–Crippen LogP) is 4.22. The molecule has 4 rings (SSSR count). The van der Waals surface area contributed by atoms with E-state index in [2.05, 4.69) is 23.4 Å². The number of aryl methyl sites for hydroxylation is 2. The lowest BCUT2D eigenvalue weighted by Crippen LogP contribution is -2.31. The van der Waals surface area contributed by atoms with Gasteiger partial charge in [-0.3, -0.25) is 9.78 Å². The molecule has 1 amide bonds. The third kappa shape index (κ3) is 3.58. The number of fused-ring (bicyclic) bond motifs is 1. The van der Waals surface area contributed by atoms with E-state index in [4.69, 9.17) is 4.74 Å². The van der Waals surface area contributed by atoms with E-state index in [0.717, 1.165) is 36.0 Å². The Labute approximate surface area is 157 Å². The third-order valence-electron chi connectivity index (χ3n) is 4.92. The normalized spacial score (nSPS) is 17.0. The largest absolute Gasteiger partial charge is 0.486 e. The summed E-state index contributed by atoms with van der Waals surface area (Å²) < 4.78 is 6.18. The van der Waals surface area contributed by atoms with E-state index in [0.29, 0.717) is 13.0 Å². The molecule has 26 heavy (non-hydrogen) atoms. The number of thiophene rings is 1. The molecule has 1 aliphatic heterocycles. The number of rotatable bonds is 5. The SMILES string of the molecule is Cc1ccsc1CCC(=O)N1CCC(Oc2cccc3cccnc23)C1. The van der Waals surface area contributed by atoms with E-state index in [-0.39, 0.29) is 12.0 Å². The highest BCUT2D eigenvalue weighted by Gasteiger charge is 2.27. The second kappa shape index (κ2) is 7.46. The Morgan fingerprint density at radius 1 is 1.31 bits per heavy atom. The molecule has 0 radical (unpaired) electrons. The van der Waals surface area contributed by atoms with E-state index in [9.17, 15) is 4.79 Å². The predicted molar refractivity (Wildman–Crippen MR) is 105 cm³/mol. The van der Waals surface area contributed by atoms with Crippen LogP contribution in [-0.4, -0.2) is 35.0 Å². The third-order valence-corrected chi connectivity index (χ3v) is 6.00. The maximum atomic E-state index is 12.5. The van der Waals surface area contributed by atoms with Gasteiger partial charge in [0, 0.05) is 35.8 Å². The number of para-hydroxylation sites is 1. The number of hydrogen-bond donors (Lipinski definition) is 0. The van der Waals surface area contributed by atoms with Gasteiger partial charge in [-0.15, -0.1) is 11.3 Å². The molecule has 1 fully saturated rings. The molecular weight excluding hydrogens is 344 g/mol. The number of ether oxygens (including phenoxy) is 1. The van der Waals surface area contributed by atoms with Gasteiger partial charge in [-0.05, 0) is 42.5 Å². The maximum absolute atomic E-state index is 12.5. The summed E-state index contributed by atoms with van der Waals surface area (Å²) in [6.07, 6.45) is 4.09. The minimum atomic E-state index is 0.0371. The van der Waals surface area contributed by atoms with Crippen LogP contribution in [-0.2, 0) is 11.2 Å². The number of benzene rings is 1. The molecular formula is C21H22N2O2S. The van der Waals surface area contributed by atoms with Crippen LogP contribution < -0.4 is 4.74 Å². The van der Waals surface area contributed by atoms with E-state index in [1.807, 2.05) is 35.2 Å². The first-order valence-corrected chi connectivity index (χ1v) is 9.90. The Morgan fingerprint density at radius 3 is 3.04 bits per heavy atom. The zero-order chi connectivity index (χ0) is 17.9. The lowest BCUT2D eigenvalue weighted by Gasteiger charge is -2.18. The van der Waals surface area contributed by atoms with Crippen molar-refractivity contribution in [3.8, 4) is 5.75 Å². The van der Waals surface area contributed by atoms with Gasteiger partial charge < -0.3 is 9.64 Å². The zero-order valence-electron chi connectivity index (χ0n) is 14.9. The van der Waals surface area contributed by atoms with Gasteiger partial charge >= 0.3 is 0 Å². The summed E-state index contributed by atoms with van der Waals surface area (Å²) in [7, 11) is 0. The van der Waals surface area contributed by atoms with Crippen LogP contribution in [0.5, 0.6) is 5.75 Å². The number of likely N-dealkylation sites (tertiary alicyclic amines) is 1. The van der Waals surface area contributed by atoms with Gasteiger partial charge in [-0.25, -0.2) is 0 Å². The summed E-state index contributed by atoms with van der Waals surface area (Å²) in [5, 5.41) is 3.16. The number of carbonyl (C=O) groups is 1. The fourth-order valence-corrected chi connectivity index (χ4v) is 4.35. The van der Waals surface area contributed by atoms with Crippen molar-refractivity contribution in [2.75, 3.05) is 13.1 Å². The van der Waals surface area contributed by atoms with Crippen LogP contribution in [0.1, 0.15) is 23.3 Å². The van der Waals surface area contributed by atoms with Crippen molar-refractivity contribution in [1.29, 1.82) is 0 Å². The number of pyridine rings is 1. The second-order valence-electron chi connectivity index (χ2n) is 6.73. The molecule has 3 heterocycles. The van der Waals surface area contributed by atoms with Crippen molar-refractivity contribution in [3.63, 3.8) is 0 Å². The van der Waals surface area contributed by atoms with Crippen LogP contribution in [0.25, 0.3) is 10.9 Å². The minimum absolute atomic E-state index is 0.0371. The highest BCUT2D eigenvalue weighted by atomic mass is 32.1. The van der Waals surface area contributed by atoms with Gasteiger partial charge in [-0.2, -0.15) is 0 Å². The molecule has 0 N–H and O–H groups in total. The van der Waals surface area contributed by atoms with Gasteiger partial charge in [0.25, 0.3) is 0 Å². The van der Waals surface area contributed by atoms with E-state index >= 15 is 0 Å². The second-order valence-corrected chi connectivity index (χ2v) is 7.73. The highest BCUT2D eigenvalue weighted by molar-refractivity contribution is 7.10. The van der Waals surface area contributed by atoms with Crippen LogP contribution >= 0.6 is 11.3 Å². The maximum Gasteiger partial charge on any atom is 0.223 e. The fraction of sp³-hybridized carbons (Fsp3) is 0.333. The van der Waals surface area contributed by atoms with Crippen LogP contribution in [0.2, 0.25) is 0 Å². The Hall–Kier alpha value is -2.40. The summed E-state index contributed by atoms with van der Waals surface area (Å²) in [5.41, 5.74) is 2.17. The average molecular weight is 366 g/mol. The van der Waals surface area contributed by atoms with Crippen molar-refractivity contribution < 1.29 is 9.53 Å². The number of nitrogens with zero attached hydrogens (tertiary/aromatic N) is 2. The molecule has 2 aromatic heterocycles. The summed E-state index contributed by atoms with van der Waals surface area (Å²) >= 11 is 1.74. The molecule has 0 spiro atoms. The summed E-state index contributed by atoms with van der Waals surface area (Å²) in [5.74, 6) is 1.02. The Balaban J connectivity index is 1.36. The zero-order valence-corrected chi connectivity index (χ0v) is 15.7. The first kappa shape index (κ1) is 17.0. The Morgan fingerprint density at radius 2 is 2.19 bits per heavy atom. The number of amides is 1. The number of hydrogen-bond acceptors (Lipinski definition) is 4. The van der Waals surface area contributed by atoms with Gasteiger partial charge in [0.2, 0.25) is 5.91 Å². The molecule has 1 aliphatic rings.